The monoisotopic (exact) mass is 713 g/mol. The molecule has 0 saturated heterocycles. The molecule has 3 unspecified atom stereocenters. The van der Waals surface area contributed by atoms with Crippen molar-refractivity contribution in [2.45, 2.75) is 39.0 Å². The van der Waals surface area contributed by atoms with E-state index in [4.69, 9.17) is 29.8 Å². The second-order valence-corrected chi connectivity index (χ2v) is 12.3. The minimum atomic E-state index is -0.837. The molecule has 1 aromatic heterocycles. The Hall–Kier alpha value is -5.21. The number of allylic oxidation sites excluding steroid dienone is 1. The Balaban J connectivity index is 1.37. The van der Waals surface area contributed by atoms with Crippen LogP contribution in [-0.4, -0.2) is 72.2 Å². The van der Waals surface area contributed by atoms with E-state index in [0.29, 0.717) is 55.4 Å². The SMILES string of the molecule is CCOC1OC(C(=O)NCc2ccc(C(=O)Nc3ccccc3N)cc2)=CC(c2c(C)n(C)n(-c3ccccc3)c2=O)C1CCOCCOCCO. The summed E-state index contributed by atoms with van der Waals surface area (Å²) in [5.74, 6) is -1.63. The molecule has 0 aliphatic carbocycles. The highest BCUT2D eigenvalue weighted by atomic mass is 16.7. The van der Waals surface area contributed by atoms with Crippen molar-refractivity contribution in [3.63, 3.8) is 0 Å². The average Bonchev–Trinajstić information content (AvgIpc) is 3.38. The number of para-hydroxylation sites is 3. The number of hydrogen-bond donors (Lipinski definition) is 4. The van der Waals surface area contributed by atoms with Crippen LogP contribution in [0.4, 0.5) is 11.4 Å². The molecule has 2 heterocycles. The Labute approximate surface area is 302 Å². The van der Waals surface area contributed by atoms with Gasteiger partial charge in [0, 0.05) is 55.5 Å². The first-order valence-corrected chi connectivity index (χ1v) is 17.4. The first-order chi connectivity index (χ1) is 25.2. The molecule has 0 fully saturated rings. The maximum Gasteiger partial charge on any atom is 0.286 e. The fourth-order valence-electron chi connectivity index (χ4n) is 6.20. The summed E-state index contributed by atoms with van der Waals surface area (Å²) in [6.45, 7) is 5.39. The van der Waals surface area contributed by atoms with Gasteiger partial charge in [-0.15, -0.1) is 0 Å². The number of amides is 2. The molecule has 3 atom stereocenters. The third kappa shape index (κ3) is 9.17. The zero-order chi connectivity index (χ0) is 37.0. The molecule has 0 radical (unpaired) electrons. The van der Waals surface area contributed by atoms with Crippen LogP contribution in [0.3, 0.4) is 0 Å². The fourth-order valence-corrected chi connectivity index (χ4v) is 6.20. The number of nitrogens with zero attached hydrogens (tertiary/aromatic N) is 2. The Morgan fingerprint density at radius 1 is 0.923 bits per heavy atom. The number of aliphatic hydroxyl groups excluding tert-OH is 1. The van der Waals surface area contributed by atoms with Gasteiger partial charge in [-0.2, -0.15) is 0 Å². The third-order valence-corrected chi connectivity index (χ3v) is 8.95. The van der Waals surface area contributed by atoms with Crippen LogP contribution in [0.15, 0.2) is 95.5 Å². The first kappa shape index (κ1) is 38.0. The molecule has 52 heavy (non-hydrogen) atoms. The summed E-state index contributed by atoms with van der Waals surface area (Å²) in [6, 6.07) is 23.3. The van der Waals surface area contributed by atoms with Crippen LogP contribution in [-0.2, 0) is 37.3 Å². The van der Waals surface area contributed by atoms with Crippen LogP contribution >= 0.6 is 0 Å². The molecular formula is C39H47N5O8. The molecule has 13 nitrogen and oxygen atoms in total. The van der Waals surface area contributed by atoms with Gasteiger partial charge in [0.25, 0.3) is 17.4 Å². The lowest BCUT2D eigenvalue weighted by molar-refractivity contribution is -0.168. The van der Waals surface area contributed by atoms with Gasteiger partial charge >= 0.3 is 0 Å². The third-order valence-electron chi connectivity index (χ3n) is 8.95. The molecule has 1 aliphatic heterocycles. The lowest BCUT2D eigenvalue weighted by Gasteiger charge is -2.36. The zero-order valence-corrected chi connectivity index (χ0v) is 29.7. The van der Waals surface area contributed by atoms with E-state index in [0.717, 1.165) is 16.9 Å². The maximum atomic E-state index is 14.2. The van der Waals surface area contributed by atoms with Crippen molar-refractivity contribution in [1.29, 1.82) is 0 Å². The Kier molecular flexibility index (Phi) is 13.4. The fraction of sp³-hybridized carbons (Fsp3) is 0.359. The number of aliphatic hydroxyl groups is 1. The van der Waals surface area contributed by atoms with E-state index in [9.17, 15) is 14.4 Å². The van der Waals surface area contributed by atoms with E-state index < -0.39 is 18.1 Å². The van der Waals surface area contributed by atoms with Crippen LogP contribution < -0.4 is 21.9 Å². The summed E-state index contributed by atoms with van der Waals surface area (Å²) in [4.78, 5) is 40.7. The number of benzene rings is 3. The number of nitrogens with two attached hydrogens (primary N) is 1. The van der Waals surface area contributed by atoms with Crippen molar-refractivity contribution < 1.29 is 33.6 Å². The first-order valence-electron chi connectivity index (χ1n) is 17.4. The number of anilines is 2. The van der Waals surface area contributed by atoms with Gasteiger partial charge in [0.2, 0.25) is 6.29 Å². The smallest absolute Gasteiger partial charge is 0.286 e. The van der Waals surface area contributed by atoms with E-state index in [1.807, 2.05) is 55.9 Å². The van der Waals surface area contributed by atoms with Gasteiger partial charge in [0.15, 0.2) is 5.76 Å². The van der Waals surface area contributed by atoms with Gasteiger partial charge in [-0.05, 0) is 68.3 Å². The number of carbonyl (C=O) groups excluding carboxylic acids is 2. The van der Waals surface area contributed by atoms with E-state index in [2.05, 4.69) is 10.6 Å². The quantitative estimate of drug-likeness (QED) is 0.0933. The van der Waals surface area contributed by atoms with Gasteiger partial charge in [0.1, 0.15) is 0 Å². The normalized spacial score (nSPS) is 16.9. The van der Waals surface area contributed by atoms with Crippen LogP contribution in [0, 0.1) is 12.8 Å². The Bertz CT molecular complexity index is 1890. The van der Waals surface area contributed by atoms with Gasteiger partial charge in [-0.3, -0.25) is 19.1 Å². The summed E-state index contributed by atoms with van der Waals surface area (Å²) < 4.78 is 26.9. The summed E-state index contributed by atoms with van der Waals surface area (Å²) in [7, 11) is 1.83. The van der Waals surface area contributed by atoms with Crippen molar-refractivity contribution in [1.82, 2.24) is 14.7 Å². The highest BCUT2D eigenvalue weighted by Gasteiger charge is 2.41. The molecule has 0 bridgehead atoms. The van der Waals surface area contributed by atoms with E-state index in [1.54, 1.807) is 59.3 Å². The predicted molar refractivity (Wildman–Crippen MR) is 197 cm³/mol. The highest BCUT2D eigenvalue weighted by molar-refractivity contribution is 6.05. The topological polar surface area (TPSA) is 168 Å². The minimum Gasteiger partial charge on any atom is -0.459 e. The van der Waals surface area contributed by atoms with Crippen LogP contribution in [0.1, 0.15) is 46.4 Å². The zero-order valence-electron chi connectivity index (χ0n) is 29.7. The number of nitrogens with one attached hydrogen (secondary N) is 2. The molecule has 0 spiro atoms. The van der Waals surface area contributed by atoms with Crippen LogP contribution in [0.2, 0.25) is 0 Å². The van der Waals surface area contributed by atoms with Crippen molar-refractivity contribution in [2.24, 2.45) is 13.0 Å². The largest absolute Gasteiger partial charge is 0.459 e. The van der Waals surface area contributed by atoms with E-state index >= 15 is 0 Å². The molecule has 0 saturated carbocycles. The maximum absolute atomic E-state index is 14.2. The van der Waals surface area contributed by atoms with Crippen molar-refractivity contribution >= 4 is 23.2 Å². The molecule has 276 valence electrons. The highest BCUT2D eigenvalue weighted by Crippen LogP contribution is 2.39. The molecule has 4 aromatic rings. The van der Waals surface area contributed by atoms with Crippen molar-refractivity contribution in [3.05, 3.63) is 123 Å². The number of rotatable bonds is 17. The van der Waals surface area contributed by atoms with Crippen LogP contribution in [0.25, 0.3) is 5.69 Å². The van der Waals surface area contributed by atoms with Crippen LogP contribution in [0.5, 0.6) is 0 Å². The lowest BCUT2D eigenvalue weighted by Crippen LogP contribution is -2.40. The molecule has 13 heteroatoms. The Morgan fingerprint density at radius 2 is 1.62 bits per heavy atom. The number of aromatic nitrogens is 2. The van der Waals surface area contributed by atoms with Gasteiger partial charge in [-0.1, -0.05) is 42.5 Å². The number of hydrogen-bond acceptors (Lipinski definition) is 9. The van der Waals surface area contributed by atoms with E-state index in [-0.39, 0.29) is 42.9 Å². The molecule has 3 aromatic carbocycles. The predicted octanol–water partition coefficient (Wildman–Crippen LogP) is 4.03. The lowest BCUT2D eigenvalue weighted by atomic mass is 9.81. The Morgan fingerprint density at radius 3 is 2.31 bits per heavy atom. The summed E-state index contributed by atoms with van der Waals surface area (Å²) in [5, 5.41) is 14.7. The molecule has 5 N–H and O–H groups in total. The molecule has 5 rings (SSSR count). The average molecular weight is 714 g/mol. The second-order valence-electron chi connectivity index (χ2n) is 12.3. The number of carbonyl (C=O) groups is 2. The van der Waals surface area contributed by atoms with Gasteiger partial charge < -0.3 is 40.4 Å². The molecular weight excluding hydrogens is 666 g/mol. The summed E-state index contributed by atoms with van der Waals surface area (Å²) in [5.41, 5.74) is 9.94. The van der Waals surface area contributed by atoms with Gasteiger partial charge in [-0.25, -0.2) is 4.68 Å². The molecule has 2 amide bonds. The van der Waals surface area contributed by atoms with Gasteiger partial charge in [0.05, 0.1) is 43.5 Å². The minimum absolute atomic E-state index is 0.0448. The second kappa shape index (κ2) is 18.3. The summed E-state index contributed by atoms with van der Waals surface area (Å²) in [6.07, 6.45) is 1.34. The number of ether oxygens (including phenoxy) is 4. The molecule has 1 aliphatic rings. The standard InChI is InChI=1S/C39H47N5O8/c1-4-51-39-30(18-20-49-22-23-50-21-19-45)31(35-26(2)43(3)44(38(35)48)29-10-6-5-7-11-29)24-34(52-39)37(47)41-25-27-14-16-28(17-15-27)36(46)42-33-13-9-8-12-32(33)40/h5-17,24,30-31,39,45H,4,18-23,25,40H2,1-3H3,(H,41,47)(H,42,46). The van der Waals surface area contributed by atoms with Crippen molar-refractivity contribution in [2.75, 3.05) is 50.7 Å². The van der Waals surface area contributed by atoms with Crippen molar-refractivity contribution in [3.8, 4) is 5.69 Å². The number of nitrogen functional groups attached to an aromatic ring is 1. The summed E-state index contributed by atoms with van der Waals surface area (Å²) >= 11 is 0. The van der Waals surface area contributed by atoms with E-state index in [1.165, 1.54) is 0 Å².